The molecule has 1 aliphatic heterocycles. The highest BCUT2D eigenvalue weighted by Gasteiger charge is 2.22. The number of guanidine groups is 1. The van der Waals surface area contributed by atoms with Crippen LogP contribution in [-0.4, -0.2) is 25.0 Å². The summed E-state index contributed by atoms with van der Waals surface area (Å²) in [7, 11) is 1.87. The van der Waals surface area contributed by atoms with Gasteiger partial charge in [-0.2, -0.15) is 0 Å². The highest BCUT2D eigenvalue weighted by molar-refractivity contribution is 5.99. The molecule has 182 valence electrons. The van der Waals surface area contributed by atoms with Crippen molar-refractivity contribution in [1.82, 2.24) is 16.0 Å². The molecule has 3 unspecified atom stereocenters. The smallest absolute Gasteiger partial charge is 0.229 e. The van der Waals surface area contributed by atoms with Crippen molar-refractivity contribution in [1.29, 1.82) is 0 Å². The van der Waals surface area contributed by atoms with Crippen LogP contribution in [0.25, 0.3) is 0 Å². The lowest BCUT2D eigenvalue weighted by Gasteiger charge is -2.16. The first-order chi connectivity index (χ1) is 15.4. The number of nitrogens with one attached hydrogen (secondary N) is 3. The summed E-state index contributed by atoms with van der Waals surface area (Å²) in [6, 6.07) is 0.0299. The molecule has 1 amide bonds. The summed E-state index contributed by atoms with van der Waals surface area (Å²) < 4.78 is 0. The SMILES string of the molecule is C=C/C(=C\C=C/CC(C)CC(C)C(=O)NC1=NC(C)/C(=C\C=C/CC)N1)NC.CC.CC. The molecular formula is C27H48N4O. The summed E-state index contributed by atoms with van der Waals surface area (Å²) >= 11 is 0. The Kier molecular flexibility index (Phi) is 20.1. The van der Waals surface area contributed by atoms with Crippen LogP contribution >= 0.6 is 0 Å². The zero-order valence-electron chi connectivity index (χ0n) is 22.0. The van der Waals surface area contributed by atoms with E-state index in [1.54, 1.807) is 6.08 Å². The first-order valence-electron chi connectivity index (χ1n) is 12.1. The number of hydrogen-bond donors (Lipinski definition) is 3. The van der Waals surface area contributed by atoms with Crippen molar-refractivity contribution in [2.45, 2.75) is 80.7 Å². The molecule has 1 aliphatic rings. The Morgan fingerprint density at radius 1 is 1.19 bits per heavy atom. The summed E-state index contributed by atoms with van der Waals surface area (Å²) in [5, 5.41) is 9.17. The van der Waals surface area contributed by atoms with Crippen LogP contribution in [0.3, 0.4) is 0 Å². The second-order valence-electron chi connectivity index (χ2n) is 7.21. The van der Waals surface area contributed by atoms with Gasteiger partial charge in [0.1, 0.15) is 0 Å². The molecule has 3 atom stereocenters. The van der Waals surface area contributed by atoms with Gasteiger partial charge in [-0.1, -0.05) is 79.3 Å². The van der Waals surface area contributed by atoms with Crippen LogP contribution in [0.5, 0.6) is 0 Å². The predicted octanol–water partition coefficient (Wildman–Crippen LogP) is 6.25. The number of allylic oxidation sites excluding steroid dienone is 7. The average Bonchev–Trinajstić information content (AvgIpc) is 3.15. The Bertz CT molecular complexity index is 671. The number of carbonyl (C=O) groups excluding carboxylic acids is 1. The summed E-state index contributed by atoms with van der Waals surface area (Å²) in [6.45, 7) is 20.0. The normalized spacial score (nSPS) is 18.7. The number of likely N-dealkylation sites (N-methyl/N-ethyl adjacent to an activating group) is 1. The second kappa shape index (κ2) is 20.3. The van der Waals surface area contributed by atoms with Crippen LogP contribution < -0.4 is 16.0 Å². The van der Waals surface area contributed by atoms with Gasteiger partial charge in [0.05, 0.1) is 6.04 Å². The highest BCUT2D eigenvalue weighted by atomic mass is 16.2. The highest BCUT2D eigenvalue weighted by Crippen LogP contribution is 2.17. The minimum atomic E-state index is -0.0761. The molecule has 0 saturated carbocycles. The Balaban J connectivity index is 0. The van der Waals surface area contributed by atoms with E-state index in [-0.39, 0.29) is 17.9 Å². The van der Waals surface area contributed by atoms with Gasteiger partial charge in [0.2, 0.25) is 11.9 Å². The first kappa shape index (κ1) is 31.6. The van der Waals surface area contributed by atoms with Gasteiger partial charge in [-0.25, -0.2) is 4.99 Å². The Labute approximate surface area is 197 Å². The lowest BCUT2D eigenvalue weighted by molar-refractivity contribution is -0.123. The van der Waals surface area contributed by atoms with Gasteiger partial charge in [0.15, 0.2) is 0 Å². The van der Waals surface area contributed by atoms with Crippen LogP contribution in [-0.2, 0) is 4.79 Å². The standard InChI is InChI=1S/C23H36N4O.2C2H6/c1-7-9-10-15-21-19(5)25-23(26-21)27-22(28)18(4)16-17(3)13-11-12-14-20(8-2)24-6;2*1-2/h8-12,14-15,17-19,24H,2,7,13,16H2,1,3-6H3,(H2,25,26,27,28);2*1-2H3/b10-9-,12-11-,20-14+,21-15+;;. The van der Waals surface area contributed by atoms with Gasteiger partial charge < -0.3 is 10.6 Å². The summed E-state index contributed by atoms with van der Waals surface area (Å²) in [6.07, 6.45) is 16.8. The molecule has 0 saturated heterocycles. The van der Waals surface area contributed by atoms with E-state index in [1.807, 2.05) is 72.9 Å². The first-order valence-corrected chi connectivity index (χ1v) is 12.1. The van der Waals surface area contributed by atoms with Crippen molar-refractivity contribution in [3.05, 3.63) is 60.5 Å². The molecule has 1 heterocycles. The molecule has 3 N–H and O–H groups in total. The quantitative estimate of drug-likeness (QED) is 0.349. The van der Waals surface area contributed by atoms with Crippen molar-refractivity contribution in [3.63, 3.8) is 0 Å². The summed E-state index contributed by atoms with van der Waals surface area (Å²) in [5.74, 6) is 0.887. The van der Waals surface area contributed by atoms with E-state index in [2.05, 4.69) is 53.5 Å². The molecule has 5 nitrogen and oxygen atoms in total. The molecule has 1 rings (SSSR count). The fraction of sp³-hybridized carbons (Fsp3) is 0.556. The minimum absolute atomic E-state index is 0.00338. The van der Waals surface area contributed by atoms with Gasteiger partial charge in [0.25, 0.3) is 0 Å². The van der Waals surface area contributed by atoms with Crippen molar-refractivity contribution in [2.24, 2.45) is 16.8 Å². The molecule has 0 aliphatic carbocycles. The number of aliphatic imine (C=N–C) groups is 1. The maximum atomic E-state index is 12.5. The van der Waals surface area contributed by atoms with Gasteiger partial charge in [0, 0.05) is 24.4 Å². The number of hydrogen-bond acceptors (Lipinski definition) is 4. The third-order valence-corrected chi connectivity index (χ3v) is 4.59. The topological polar surface area (TPSA) is 65.5 Å². The fourth-order valence-corrected chi connectivity index (χ4v) is 2.87. The Hall–Kier alpha value is -2.56. The maximum absolute atomic E-state index is 12.5. The number of nitrogens with zero attached hydrogens (tertiary/aromatic N) is 1. The fourth-order valence-electron chi connectivity index (χ4n) is 2.87. The summed E-state index contributed by atoms with van der Waals surface area (Å²) in [4.78, 5) is 17.0. The molecule has 0 radical (unpaired) electrons. The van der Waals surface area contributed by atoms with Crippen LogP contribution in [0.2, 0.25) is 0 Å². The number of rotatable bonds is 10. The Morgan fingerprint density at radius 2 is 1.84 bits per heavy atom. The Morgan fingerprint density at radius 3 is 2.41 bits per heavy atom. The average molecular weight is 445 g/mol. The molecule has 5 heteroatoms. The molecule has 0 spiro atoms. The van der Waals surface area contributed by atoms with Crippen LogP contribution in [0, 0.1) is 11.8 Å². The van der Waals surface area contributed by atoms with E-state index in [9.17, 15) is 4.79 Å². The number of amides is 1. The van der Waals surface area contributed by atoms with Crippen LogP contribution in [0.1, 0.15) is 74.7 Å². The van der Waals surface area contributed by atoms with E-state index in [0.717, 1.165) is 30.7 Å². The minimum Gasteiger partial charge on any atom is -0.388 e. The maximum Gasteiger partial charge on any atom is 0.229 e. The lowest BCUT2D eigenvalue weighted by Crippen LogP contribution is -2.40. The van der Waals surface area contributed by atoms with Crippen molar-refractivity contribution >= 4 is 11.9 Å². The van der Waals surface area contributed by atoms with Gasteiger partial charge in [-0.15, -0.1) is 0 Å². The predicted molar refractivity (Wildman–Crippen MR) is 142 cm³/mol. The van der Waals surface area contributed by atoms with Crippen molar-refractivity contribution < 1.29 is 4.79 Å². The third-order valence-electron chi connectivity index (χ3n) is 4.59. The van der Waals surface area contributed by atoms with E-state index in [0.29, 0.717) is 11.9 Å². The van der Waals surface area contributed by atoms with E-state index >= 15 is 0 Å². The molecular weight excluding hydrogens is 396 g/mol. The lowest BCUT2D eigenvalue weighted by atomic mass is 9.94. The largest absolute Gasteiger partial charge is 0.388 e. The molecule has 0 bridgehead atoms. The zero-order chi connectivity index (χ0) is 24.9. The van der Waals surface area contributed by atoms with Gasteiger partial charge >= 0.3 is 0 Å². The zero-order valence-corrected chi connectivity index (χ0v) is 22.0. The monoisotopic (exact) mass is 444 g/mol. The van der Waals surface area contributed by atoms with Crippen molar-refractivity contribution in [3.8, 4) is 0 Å². The van der Waals surface area contributed by atoms with Crippen LogP contribution in [0.4, 0.5) is 0 Å². The van der Waals surface area contributed by atoms with E-state index in [1.165, 1.54) is 0 Å². The van der Waals surface area contributed by atoms with Gasteiger partial charge in [-0.3, -0.25) is 10.1 Å². The van der Waals surface area contributed by atoms with E-state index < -0.39 is 0 Å². The second-order valence-corrected chi connectivity index (χ2v) is 7.21. The third kappa shape index (κ3) is 13.7. The molecule has 0 fully saturated rings. The molecule has 0 aromatic heterocycles. The summed E-state index contributed by atoms with van der Waals surface area (Å²) in [5.41, 5.74) is 1.98. The van der Waals surface area contributed by atoms with Gasteiger partial charge in [-0.05, 0) is 50.3 Å². The molecule has 0 aromatic rings. The van der Waals surface area contributed by atoms with E-state index in [4.69, 9.17) is 0 Å². The number of carbonyl (C=O) groups is 1. The van der Waals surface area contributed by atoms with Crippen molar-refractivity contribution in [2.75, 3.05) is 7.05 Å². The molecule has 0 aromatic carbocycles. The molecule has 32 heavy (non-hydrogen) atoms. The van der Waals surface area contributed by atoms with Crippen LogP contribution in [0.15, 0.2) is 65.5 Å².